The largest absolute Gasteiger partial charge is 0.357 e. The Bertz CT molecular complexity index is 1010. The first-order valence-corrected chi connectivity index (χ1v) is 9.89. The third-order valence-corrected chi connectivity index (χ3v) is 5.22. The molecule has 0 saturated carbocycles. The van der Waals surface area contributed by atoms with Gasteiger partial charge in [0.1, 0.15) is 5.82 Å². The molecule has 1 aromatic heterocycles. The van der Waals surface area contributed by atoms with Crippen molar-refractivity contribution in [2.75, 3.05) is 28.6 Å². The van der Waals surface area contributed by atoms with Crippen LogP contribution in [-0.2, 0) is 0 Å². The van der Waals surface area contributed by atoms with Crippen LogP contribution in [0, 0.1) is 13.8 Å². The maximum Gasteiger partial charge on any atom is 0.323 e. The highest BCUT2D eigenvalue weighted by Gasteiger charge is 2.14. The number of amides is 2. The van der Waals surface area contributed by atoms with Gasteiger partial charge in [0, 0.05) is 29.9 Å². The molecule has 0 bridgehead atoms. The Balaban J connectivity index is 1.52. The number of piperidine rings is 1. The summed E-state index contributed by atoms with van der Waals surface area (Å²) >= 11 is 0. The molecule has 2 amide bonds. The molecule has 1 saturated heterocycles. The molecule has 0 atom stereocenters. The molecule has 0 spiro atoms. The molecule has 0 radical (unpaired) electrons. The summed E-state index contributed by atoms with van der Waals surface area (Å²) in [5.41, 5.74) is 4.78. The van der Waals surface area contributed by atoms with Gasteiger partial charge in [-0.05, 0) is 80.6 Å². The Labute approximate surface area is 165 Å². The van der Waals surface area contributed by atoms with Crippen LogP contribution in [0.4, 0.5) is 22.0 Å². The van der Waals surface area contributed by atoms with Gasteiger partial charge in [-0.2, -0.15) is 0 Å². The lowest BCUT2D eigenvalue weighted by molar-refractivity contribution is 0.262. The van der Waals surface area contributed by atoms with E-state index in [-0.39, 0.29) is 6.03 Å². The number of carbonyl (C=O) groups excluding carboxylic acids is 1. The van der Waals surface area contributed by atoms with Gasteiger partial charge >= 0.3 is 6.03 Å². The molecule has 0 aliphatic carbocycles. The number of pyridine rings is 1. The number of aryl methyl sites for hydroxylation is 2. The summed E-state index contributed by atoms with van der Waals surface area (Å²) in [5.74, 6) is 1.06. The van der Waals surface area contributed by atoms with E-state index in [0.29, 0.717) is 0 Å². The van der Waals surface area contributed by atoms with E-state index in [1.807, 2.05) is 49.4 Å². The first-order chi connectivity index (χ1) is 13.6. The maximum atomic E-state index is 12.3. The zero-order valence-electron chi connectivity index (χ0n) is 16.5. The van der Waals surface area contributed by atoms with Crippen molar-refractivity contribution in [1.82, 2.24) is 4.98 Å². The second-order valence-corrected chi connectivity index (χ2v) is 7.53. The lowest BCUT2D eigenvalue weighted by Gasteiger charge is -2.28. The van der Waals surface area contributed by atoms with Gasteiger partial charge in [-0.15, -0.1) is 0 Å². The Morgan fingerprint density at radius 2 is 1.68 bits per heavy atom. The number of nitrogens with zero attached hydrogens (tertiary/aromatic N) is 2. The summed E-state index contributed by atoms with van der Waals surface area (Å²) in [6.07, 6.45) is 3.78. The summed E-state index contributed by atoms with van der Waals surface area (Å²) < 4.78 is 0. The molecule has 4 rings (SSSR count). The van der Waals surface area contributed by atoms with Crippen molar-refractivity contribution in [2.24, 2.45) is 0 Å². The molecular weight excluding hydrogens is 348 g/mol. The third-order valence-electron chi connectivity index (χ3n) is 5.22. The topological polar surface area (TPSA) is 57.3 Å². The van der Waals surface area contributed by atoms with Crippen LogP contribution in [0.2, 0.25) is 0 Å². The molecule has 3 aromatic rings. The molecule has 1 aliphatic heterocycles. The number of carbonyl (C=O) groups is 1. The molecule has 1 aliphatic rings. The van der Waals surface area contributed by atoms with Crippen LogP contribution in [0.25, 0.3) is 10.9 Å². The molecule has 5 heteroatoms. The minimum atomic E-state index is -0.250. The number of fused-ring (bicyclic) bond motifs is 1. The highest BCUT2D eigenvalue weighted by Crippen LogP contribution is 2.27. The zero-order chi connectivity index (χ0) is 19.5. The zero-order valence-corrected chi connectivity index (χ0v) is 16.5. The van der Waals surface area contributed by atoms with Gasteiger partial charge in [0.15, 0.2) is 0 Å². The van der Waals surface area contributed by atoms with Crippen LogP contribution in [-0.4, -0.2) is 24.1 Å². The van der Waals surface area contributed by atoms with Crippen LogP contribution in [0.15, 0.2) is 48.5 Å². The summed E-state index contributed by atoms with van der Waals surface area (Å²) in [5, 5.41) is 6.86. The van der Waals surface area contributed by atoms with E-state index >= 15 is 0 Å². The Morgan fingerprint density at radius 1 is 0.929 bits per heavy atom. The monoisotopic (exact) mass is 374 g/mol. The number of hydrogen-bond acceptors (Lipinski definition) is 3. The van der Waals surface area contributed by atoms with E-state index < -0.39 is 0 Å². The standard InChI is InChI=1S/C23H26N4O/c1-16-7-6-8-18(13-16)24-23(28)25-19-9-10-21-20(15-19)17(2)14-22(26-21)27-11-4-3-5-12-27/h6-10,13-15H,3-5,11-12H2,1-2H3,(H2,24,25,28). The summed E-state index contributed by atoms with van der Waals surface area (Å²) in [6, 6.07) is 15.5. The van der Waals surface area contributed by atoms with Gasteiger partial charge < -0.3 is 15.5 Å². The molecule has 0 unspecified atom stereocenters. The van der Waals surface area contributed by atoms with Crippen molar-refractivity contribution in [3.8, 4) is 0 Å². The first kappa shape index (κ1) is 18.3. The van der Waals surface area contributed by atoms with E-state index in [9.17, 15) is 4.79 Å². The van der Waals surface area contributed by atoms with E-state index in [1.165, 1.54) is 24.8 Å². The van der Waals surface area contributed by atoms with Gasteiger partial charge in [-0.3, -0.25) is 0 Å². The molecule has 2 aromatic carbocycles. The van der Waals surface area contributed by atoms with E-state index in [2.05, 4.69) is 28.5 Å². The van der Waals surface area contributed by atoms with Crippen molar-refractivity contribution in [3.05, 3.63) is 59.7 Å². The van der Waals surface area contributed by atoms with Crippen molar-refractivity contribution < 1.29 is 4.79 Å². The van der Waals surface area contributed by atoms with Gasteiger partial charge in [0.25, 0.3) is 0 Å². The number of rotatable bonds is 3. The fraction of sp³-hybridized carbons (Fsp3) is 0.304. The van der Waals surface area contributed by atoms with E-state index in [0.717, 1.165) is 46.7 Å². The van der Waals surface area contributed by atoms with Gasteiger partial charge in [-0.1, -0.05) is 12.1 Å². The average molecular weight is 374 g/mol. The van der Waals surface area contributed by atoms with Gasteiger partial charge in [0.05, 0.1) is 5.52 Å². The Kier molecular flexibility index (Phi) is 5.15. The molecule has 5 nitrogen and oxygen atoms in total. The fourth-order valence-electron chi connectivity index (χ4n) is 3.76. The summed E-state index contributed by atoms with van der Waals surface area (Å²) in [4.78, 5) is 19.6. The van der Waals surface area contributed by atoms with Crippen molar-refractivity contribution in [1.29, 1.82) is 0 Å². The quantitative estimate of drug-likeness (QED) is 0.638. The number of benzene rings is 2. The number of aromatic nitrogens is 1. The normalized spacial score (nSPS) is 14.1. The second-order valence-electron chi connectivity index (χ2n) is 7.53. The van der Waals surface area contributed by atoms with Crippen molar-refractivity contribution >= 4 is 34.1 Å². The predicted octanol–water partition coefficient (Wildman–Crippen LogP) is 5.49. The Morgan fingerprint density at radius 3 is 2.43 bits per heavy atom. The first-order valence-electron chi connectivity index (χ1n) is 9.89. The summed E-state index contributed by atoms with van der Waals surface area (Å²) in [6.45, 7) is 6.27. The molecule has 1 fully saturated rings. The van der Waals surface area contributed by atoms with Crippen LogP contribution in [0.3, 0.4) is 0 Å². The SMILES string of the molecule is Cc1cccc(NC(=O)Nc2ccc3nc(N4CCCCC4)cc(C)c3c2)c1. The molecule has 2 heterocycles. The lowest BCUT2D eigenvalue weighted by Crippen LogP contribution is -2.30. The van der Waals surface area contributed by atoms with Gasteiger partial charge in [-0.25, -0.2) is 9.78 Å². The minimum absolute atomic E-state index is 0.250. The maximum absolute atomic E-state index is 12.3. The number of urea groups is 1. The predicted molar refractivity (Wildman–Crippen MR) is 116 cm³/mol. The van der Waals surface area contributed by atoms with Crippen LogP contribution < -0.4 is 15.5 Å². The van der Waals surface area contributed by atoms with Crippen molar-refractivity contribution in [2.45, 2.75) is 33.1 Å². The number of nitrogens with one attached hydrogen (secondary N) is 2. The number of hydrogen-bond donors (Lipinski definition) is 2. The third kappa shape index (κ3) is 4.09. The molecular formula is C23H26N4O. The van der Waals surface area contributed by atoms with Crippen LogP contribution >= 0.6 is 0 Å². The fourth-order valence-corrected chi connectivity index (χ4v) is 3.76. The number of anilines is 3. The van der Waals surface area contributed by atoms with E-state index in [1.54, 1.807) is 0 Å². The highest BCUT2D eigenvalue weighted by atomic mass is 16.2. The van der Waals surface area contributed by atoms with Crippen molar-refractivity contribution in [3.63, 3.8) is 0 Å². The van der Waals surface area contributed by atoms with Crippen LogP contribution in [0.1, 0.15) is 30.4 Å². The second kappa shape index (κ2) is 7.89. The average Bonchev–Trinajstić information content (AvgIpc) is 2.69. The minimum Gasteiger partial charge on any atom is -0.357 e. The van der Waals surface area contributed by atoms with Gasteiger partial charge in [0.2, 0.25) is 0 Å². The highest BCUT2D eigenvalue weighted by molar-refractivity contribution is 6.01. The molecule has 2 N–H and O–H groups in total. The lowest BCUT2D eigenvalue weighted by atomic mass is 10.1. The van der Waals surface area contributed by atoms with Crippen LogP contribution in [0.5, 0.6) is 0 Å². The summed E-state index contributed by atoms with van der Waals surface area (Å²) in [7, 11) is 0. The molecule has 144 valence electrons. The smallest absolute Gasteiger partial charge is 0.323 e. The Hall–Kier alpha value is -3.08. The molecule has 28 heavy (non-hydrogen) atoms. The van der Waals surface area contributed by atoms with E-state index in [4.69, 9.17) is 4.98 Å².